The maximum atomic E-state index is 12.6. The quantitative estimate of drug-likeness (QED) is 0.565. The zero-order valence-electron chi connectivity index (χ0n) is 13.0. The van der Waals surface area contributed by atoms with Gasteiger partial charge in [0.05, 0.1) is 38.4 Å². The molecule has 126 valence electrons. The van der Waals surface area contributed by atoms with E-state index < -0.39 is 28.0 Å². The normalized spacial score (nSPS) is 21.5. The largest absolute Gasteiger partial charge is 0.469 e. The van der Waals surface area contributed by atoms with Crippen LogP contribution in [0.15, 0.2) is 30.3 Å². The molecule has 1 aromatic rings. The van der Waals surface area contributed by atoms with Crippen molar-refractivity contribution in [2.24, 2.45) is 5.92 Å². The van der Waals surface area contributed by atoms with Crippen LogP contribution in [0.3, 0.4) is 0 Å². The number of methoxy groups -OCH3 is 1. The zero-order chi connectivity index (χ0) is 17.0. The van der Waals surface area contributed by atoms with Crippen molar-refractivity contribution in [3.8, 4) is 0 Å². The van der Waals surface area contributed by atoms with Gasteiger partial charge in [0.15, 0.2) is 0 Å². The highest BCUT2D eigenvalue weighted by molar-refractivity contribution is 7.85. The number of esters is 1. The first-order valence-corrected chi connectivity index (χ1v) is 8.93. The summed E-state index contributed by atoms with van der Waals surface area (Å²) in [6.45, 7) is -0.142. The van der Waals surface area contributed by atoms with Crippen molar-refractivity contribution in [2.45, 2.75) is 18.9 Å². The van der Waals surface area contributed by atoms with Gasteiger partial charge in [-0.25, -0.2) is 0 Å². The van der Waals surface area contributed by atoms with Crippen molar-refractivity contribution in [1.82, 2.24) is 0 Å². The maximum absolute atomic E-state index is 12.6. The van der Waals surface area contributed by atoms with Gasteiger partial charge in [0.2, 0.25) is 5.91 Å². The fourth-order valence-corrected chi connectivity index (χ4v) is 3.04. The van der Waals surface area contributed by atoms with Crippen molar-refractivity contribution in [3.63, 3.8) is 0 Å². The van der Waals surface area contributed by atoms with Crippen LogP contribution in [0.1, 0.15) is 12.8 Å². The van der Waals surface area contributed by atoms with E-state index in [2.05, 4.69) is 4.74 Å². The summed E-state index contributed by atoms with van der Waals surface area (Å²) in [4.78, 5) is 25.6. The molecule has 1 saturated heterocycles. The average molecular weight is 341 g/mol. The number of nitrogens with zero attached hydrogens (tertiary/aromatic N) is 1. The molecule has 0 saturated carbocycles. The summed E-state index contributed by atoms with van der Waals surface area (Å²) in [6, 6.07) is 8.44. The molecular formula is C15H19NO6S. The Morgan fingerprint density at radius 2 is 1.96 bits per heavy atom. The van der Waals surface area contributed by atoms with E-state index in [-0.39, 0.29) is 18.9 Å². The van der Waals surface area contributed by atoms with Crippen molar-refractivity contribution in [1.29, 1.82) is 0 Å². The summed E-state index contributed by atoms with van der Waals surface area (Å²) in [6.07, 6.45) is 1.26. The highest BCUT2D eigenvalue weighted by Crippen LogP contribution is 2.32. The molecule has 8 heteroatoms. The van der Waals surface area contributed by atoms with E-state index in [0.29, 0.717) is 12.1 Å². The SMILES string of the molecule is COC(=O)C[C@H]1C[C@@H](COS(C)(=O)=O)N(c2ccccc2)C1=O. The first-order chi connectivity index (χ1) is 10.8. The van der Waals surface area contributed by atoms with Gasteiger partial charge in [0.25, 0.3) is 10.1 Å². The minimum Gasteiger partial charge on any atom is -0.469 e. The summed E-state index contributed by atoms with van der Waals surface area (Å²) >= 11 is 0. The predicted molar refractivity (Wildman–Crippen MR) is 83.3 cm³/mol. The van der Waals surface area contributed by atoms with Crippen molar-refractivity contribution >= 4 is 27.7 Å². The Hall–Kier alpha value is -1.93. The lowest BCUT2D eigenvalue weighted by Crippen LogP contribution is -2.37. The van der Waals surface area contributed by atoms with Gasteiger partial charge >= 0.3 is 5.97 Å². The fourth-order valence-electron chi connectivity index (χ4n) is 2.64. The van der Waals surface area contributed by atoms with E-state index in [9.17, 15) is 18.0 Å². The van der Waals surface area contributed by atoms with Crippen molar-refractivity contribution < 1.29 is 26.9 Å². The molecule has 0 spiro atoms. The van der Waals surface area contributed by atoms with Crippen LogP contribution in [0.25, 0.3) is 0 Å². The first-order valence-electron chi connectivity index (χ1n) is 7.11. The van der Waals surface area contributed by atoms with Crippen LogP contribution in [0.5, 0.6) is 0 Å². The molecule has 23 heavy (non-hydrogen) atoms. The summed E-state index contributed by atoms with van der Waals surface area (Å²) in [5.74, 6) is -1.25. The van der Waals surface area contributed by atoms with Crippen LogP contribution in [-0.2, 0) is 28.6 Å². The number of carbonyl (C=O) groups excluding carboxylic acids is 2. The van der Waals surface area contributed by atoms with Crippen LogP contribution in [0, 0.1) is 5.92 Å². The van der Waals surface area contributed by atoms with Crippen LogP contribution in [-0.4, -0.2) is 46.3 Å². The van der Waals surface area contributed by atoms with Crippen LogP contribution in [0.2, 0.25) is 0 Å². The van der Waals surface area contributed by atoms with E-state index in [1.165, 1.54) is 12.0 Å². The topological polar surface area (TPSA) is 90.0 Å². The second-order valence-corrected chi connectivity index (χ2v) is 7.04. The molecule has 7 nitrogen and oxygen atoms in total. The molecule has 1 amide bonds. The highest BCUT2D eigenvalue weighted by Gasteiger charge is 2.41. The van der Waals surface area contributed by atoms with Crippen LogP contribution >= 0.6 is 0 Å². The van der Waals surface area contributed by atoms with E-state index in [1.807, 2.05) is 6.07 Å². The minimum absolute atomic E-state index is 0.0337. The number of para-hydroxylation sites is 1. The first kappa shape index (κ1) is 17.4. The molecule has 1 aliphatic heterocycles. The van der Waals surface area contributed by atoms with Gasteiger partial charge in [0.1, 0.15) is 0 Å². The number of rotatable bonds is 6. The Kier molecular flexibility index (Phi) is 5.38. The Labute approximate surface area is 135 Å². The van der Waals surface area contributed by atoms with Gasteiger partial charge in [-0.05, 0) is 18.6 Å². The molecule has 0 bridgehead atoms. The summed E-state index contributed by atoms with van der Waals surface area (Å²) < 4.78 is 31.9. The number of ether oxygens (including phenoxy) is 1. The standard InChI is InChI=1S/C15H19NO6S/c1-21-14(17)9-11-8-13(10-22-23(2,19)20)16(15(11)18)12-6-4-3-5-7-12/h3-7,11,13H,8-10H2,1-2H3/t11-,13+/m1/s1. The summed E-state index contributed by atoms with van der Waals surface area (Å²) in [7, 11) is -2.34. The van der Waals surface area contributed by atoms with Gasteiger partial charge < -0.3 is 9.64 Å². The molecule has 1 aromatic carbocycles. The van der Waals surface area contributed by atoms with Crippen LogP contribution in [0.4, 0.5) is 5.69 Å². The lowest BCUT2D eigenvalue weighted by molar-refractivity contribution is -0.143. The monoisotopic (exact) mass is 341 g/mol. The lowest BCUT2D eigenvalue weighted by Gasteiger charge is -2.24. The maximum Gasteiger partial charge on any atom is 0.306 e. The smallest absolute Gasteiger partial charge is 0.306 e. The van der Waals surface area contributed by atoms with Crippen LogP contribution < -0.4 is 4.90 Å². The molecule has 1 aliphatic rings. The number of benzene rings is 1. The molecule has 2 atom stereocenters. The zero-order valence-corrected chi connectivity index (χ0v) is 13.8. The second kappa shape index (κ2) is 7.10. The minimum atomic E-state index is -3.61. The molecular weight excluding hydrogens is 322 g/mol. The Balaban J connectivity index is 2.22. The average Bonchev–Trinajstić information content (AvgIpc) is 2.81. The fraction of sp³-hybridized carbons (Fsp3) is 0.467. The number of anilines is 1. The van der Waals surface area contributed by atoms with Gasteiger partial charge in [-0.3, -0.25) is 13.8 Å². The molecule has 0 unspecified atom stereocenters. The van der Waals surface area contributed by atoms with E-state index in [0.717, 1.165) is 6.26 Å². The van der Waals surface area contributed by atoms with E-state index in [1.54, 1.807) is 24.3 Å². The summed E-state index contributed by atoms with van der Waals surface area (Å²) in [5.41, 5.74) is 0.645. The van der Waals surface area contributed by atoms with Gasteiger partial charge in [-0.1, -0.05) is 18.2 Å². The number of carbonyl (C=O) groups is 2. The Morgan fingerprint density at radius 3 is 2.52 bits per heavy atom. The number of hydrogen-bond donors (Lipinski definition) is 0. The molecule has 1 heterocycles. The number of amides is 1. The Bertz CT molecular complexity index is 672. The van der Waals surface area contributed by atoms with Gasteiger partial charge in [-0.2, -0.15) is 8.42 Å². The van der Waals surface area contributed by atoms with E-state index >= 15 is 0 Å². The molecule has 0 aromatic heterocycles. The predicted octanol–water partition coefficient (Wildman–Crippen LogP) is 0.947. The van der Waals surface area contributed by atoms with Gasteiger partial charge in [0, 0.05) is 5.69 Å². The molecule has 1 fully saturated rings. The molecule has 0 radical (unpaired) electrons. The number of hydrogen-bond acceptors (Lipinski definition) is 6. The highest BCUT2D eigenvalue weighted by atomic mass is 32.2. The van der Waals surface area contributed by atoms with Gasteiger partial charge in [-0.15, -0.1) is 0 Å². The van der Waals surface area contributed by atoms with Crippen molar-refractivity contribution in [2.75, 3.05) is 24.9 Å². The summed E-state index contributed by atoms with van der Waals surface area (Å²) in [5, 5.41) is 0. The third-order valence-corrected chi connectivity index (χ3v) is 4.22. The van der Waals surface area contributed by atoms with E-state index in [4.69, 9.17) is 4.18 Å². The third-order valence-electron chi connectivity index (χ3n) is 3.66. The second-order valence-electron chi connectivity index (χ2n) is 5.40. The lowest BCUT2D eigenvalue weighted by atomic mass is 10.0. The van der Waals surface area contributed by atoms with Crippen molar-refractivity contribution in [3.05, 3.63) is 30.3 Å². The molecule has 0 N–H and O–H groups in total. The molecule has 0 aliphatic carbocycles. The Morgan fingerprint density at radius 1 is 1.30 bits per heavy atom. The third kappa shape index (κ3) is 4.52. The molecule has 2 rings (SSSR count).